The van der Waals surface area contributed by atoms with Crippen molar-refractivity contribution in [2.24, 2.45) is 5.73 Å². The van der Waals surface area contributed by atoms with Crippen molar-refractivity contribution in [3.05, 3.63) is 0 Å². The van der Waals surface area contributed by atoms with Crippen LogP contribution in [0.15, 0.2) is 0 Å². The van der Waals surface area contributed by atoms with Crippen molar-refractivity contribution >= 4 is 5.91 Å². The Morgan fingerprint density at radius 2 is 2.07 bits per heavy atom. The Balaban J connectivity index is 3.66. The van der Waals surface area contributed by atoms with Crippen molar-refractivity contribution in [2.75, 3.05) is 32.7 Å². The van der Waals surface area contributed by atoms with Crippen molar-refractivity contribution in [3.8, 4) is 0 Å². The molecule has 0 aliphatic carbocycles. The maximum atomic E-state index is 10.8. The summed E-state index contributed by atoms with van der Waals surface area (Å²) in [5.74, 6) is -0.238. The molecule has 0 spiro atoms. The summed E-state index contributed by atoms with van der Waals surface area (Å²) in [7, 11) is 0. The predicted octanol–water partition coefficient (Wildman–Crippen LogP) is 0.183. The average Bonchev–Trinajstić information content (AvgIpc) is 2.13. The minimum atomic E-state index is -0.238. The summed E-state index contributed by atoms with van der Waals surface area (Å²) in [6.07, 6.45) is 2.27. The Morgan fingerprint density at radius 1 is 1.36 bits per heavy atom. The Hall–Kier alpha value is -0.610. The Bertz CT molecular complexity index is 150. The second-order valence-electron chi connectivity index (χ2n) is 3.45. The lowest BCUT2D eigenvalue weighted by molar-refractivity contribution is -0.119. The minimum Gasteiger partial charge on any atom is -0.369 e. The zero-order valence-electron chi connectivity index (χ0n) is 9.38. The largest absolute Gasteiger partial charge is 0.369 e. The van der Waals surface area contributed by atoms with Crippen LogP contribution in [-0.4, -0.2) is 43.5 Å². The lowest BCUT2D eigenvalue weighted by Gasteiger charge is -2.20. The predicted molar refractivity (Wildman–Crippen MR) is 59.1 cm³/mol. The summed E-state index contributed by atoms with van der Waals surface area (Å²) in [5, 5.41) is 3.23. The molecule has 0 rings (SSSR count). The fourth-order valence-corrected chi connectivity index (χ4v) is 1.29. The number of hydrogen-bond donors (Lipinski definition) is 2. The molecule has 0 heterocycles. The van der Waals surface area contributed by atoms with E-state index in [4.69, 9.17) is 5.73 Å². The Morgan fingerprint density at radius 3 is 2.57 bits per heavy atom. The molecule has 0 bridgehead atoms. The number of rotatable bonds is 9. The molecule has 14 heavy (non-hydrogen) atoms. The van der Waals surface area contributed by atoms with Gasteiger partial charge in [0.1, 0.15) is 0 Å². The van der Waals surface area contributed by atoms with E-state index in [0.29, 0.717) is 6.54 Å². The molecule has 0 fully saturated rings. The number of amides is 1. The SMILES string of the molecule is CCCCN(CCNCC)CC(N)=O. The molecular weight excluding hydrogens is 178 g/mol. The van der Waals surface area contributed by atoms with E-state index >= 15 is 0 Å². The maximum Gasteiger partial charge on any atom is 0.231 e. The quantitative estimate of drug-likeness (QED) is 0.523. The molecule has 0 aromatic rings. The number of carbonyl (C=O) groups excluding carboxylic acids is 1. The Kier molecular flexibility index (Phi) is 8.57. The van der Waals surface area contributed by atoms with Gasteiger partial charge >= 0.3 is 0 Å². The van der Waals surface area contributed by atoms with E-state index in [1.165, 1.54) is 0 Å². The van der Waals surface area contributed by atoms with Gasteiger partial charge in [0.05, 0.1) is 6.54 Å². The average molecular weight is 201 g/mol. The minimum absolute atomic E-state index is 0.238. The van der Waals surface area contributed by atoms with Gasteiger partial charge in [-0.15, -0.1) is 0 Å². The van der Waals surface area contributed by atoms with Crippen molar-refractivity contribution in [2.45, 2.75) is 26.7 Å². The maximum absolute atomic E-state index is 10.8. The third kappa shape index (κ3) is 8.01. The van der Waals surface area contributed by atoms with Crippen molar-refractivity contribution < 1.29 is 4.79 Å². The zero-order valence-corrected chi connectivity index (χ0v) is 9.38. The molecule has 0 saturated heterocycles. The van der Waals surface area contributed by atoms with Crippen LogP contribution in [0.4, 0.5) is 0 Å². The summed E-state index contributed by atoms with van der Waals surface area (Å²) in [6.45, 7) is 8.36. The first-order valence-corrected chi connectivity index (χ1v) is 5.42. The summed E-state index contributed by atoms with van der Waals surface area (Å²) in [5.41, 5.74) is 5.17. The van der Waals surface area contributed by atoms with Gasteiger partial charge in [-0.1, -0.05) is 20.3 Å². The van der Waals surface area contributed by atoms with Crippen LogP contribution in [-0.2, 0) is 4.79 Å². The highest BCUT2D eigenvalue weighted by Gasteiger charge is 2.06. The molecule has 0 atom stereocenters. The molecular formula is C10H23N3O. The van der Waals surface area contributed by atoms with Gasteiger partial charge in [0.2, 0.25) is 5.91 Å². The molecule has 84 valence electrons. The number of primary amides is 1. The number of likely N-dealkylation sites (N-methyl/N-ethyl adjacent to an activating group) is 1. The molecule has 1 amide bonds. The van der Waals surface area contributed by atoms with Gasteiger partial charge in [-0.25, -0.2) is 0 Å². The monoisotopic (exact) mass is 201 g/mol. The molecule has 4 heteroatoms. The second kappa shape index (κ2) is 8.97. The molecule has 0 aliphatic rings. The van der Waals surface area contributed by atoms with Gasteiger partial charge in [-0.05, 0) is 19.5 Å². The topological polar surface area (TPSA) is 58.4 Å². The molecule has 4 nitrogen and oxygen atoms in total. The third-order valence-corrected chi connectivity index (χ3v) is 2.06. The van der Waals surface area contributed by atoms with Crippen molar-refractivity contribution in [3.63, 3.8) is 0 Å². The fourth-order valence-electron chi connectivity index (χ4n) is 1.29. The van der Waals surface area contributed by atoms with E-state index in [1.807, 2.05) is 0 Å². The van der Waals surface area contributed by atoms with Crippen LogP contribution in [0.3, 0.4) is 0 Å². The van der Waals surface area contributed by atoms with Crippen LogP contribution in [0.2, 0.25) is 0 Å². The summed E-state index contributed by atoms with van der Waals surface area (Å²) >= 11 is 0. The normalized spacial score (nSPS) is 10.8. The molecule has 0 aromatic heterocycles. The van der Waals surface area contributed by atoms with Gasteiger partial charge < -0.3 is 11.1 Å². The lowest BCUT2D eigenvalue weighted by Crippen LogP contribution is -2.38. The first-order chi connectivity index (χ1) is 6.70. The standard InChI is InChI=1S/C10H23N3O/c1-3-5-7-13(9-10(11)14)8-6-12-4-2/h12H,3-9H2,1-2H3,(H2,11,14). The summed E-state index contributed by atoms with van der Waals surface area (Å²) < 4.78 is 0. The van der Waals surface area contributed by atoms with Gasteiger partial charge in [-0.2, -0.15) is 0 Å². The van der Waals surface area contributed by atoms with Crippen molar-refractivity contribution in [1.82, 2.24) is 10.2 Å². The van der Waals surface area contributed by atoms with E-state index < -0.39 is 0 Å². The number of nitrogens with two attached hydrogens (primary N) is 1. The van der Waals surface area contributed by atoms with Crippen LogP contribution in [0, 0.1) is 0 Å². The molecule has 0 saturated carbocycles. The lowest BCUT2D eigenvalue weighted by atomic mass is 10.3. The molecule has 0 aromatic carbocycles. The number of carbonyl (C=O) groups is 1. The molecule has 3 N–H and O–H groups in total. The Labute approximate surface area is 86.8 Å². The molecule has 0 unspecified atom stereocenters. The zero-order chi connectivity index (χ0) is 10.8. The van der Waals surface area contributed by atoms with E-state index in [2.05, 4.69) is 24.1 Å². The first kappa shape index (κ1) is 13.4. The summed E-state index contributed by atoms with van der Waals surface area (Å²) in [4.78, 5) is 12.9. The fraction of sp³-hybridized carbons (Fsp3) is 0.900. The van der Waals surface area contributed by atoms with Crippen LogP contribution >= 0.6 is 0 Å². The van der Waals surface area contributed by atoms with Crippen LogP contribution < -0.4 is 11.1 Å². The summed E-state index contributed by atoms with van der Waals surface area (Å²) in [6, 6.07) is 0. The smallest absolute Gasteiger partial charge is 0.231 e. The van der Waals surface area contributed by atoms with E-state index in [-0.39, 0.29) is 5.91 Å². The van der Waals surface area contributed by atoms with E-state index in [9.17, 15) is 4.79 Å². The highest BCUT2D eigenvalue weighted by atomic mass is 16.1. The van der Waals surface area contributed by atoms with Gasteiger partial charge in [-0.3, -0.25) is 9.69 Å². The number of nitrogens with zero attached hydrogens (tertiary/aromatic N) is 1. The second-order valence-corrected chi connectivity index (χ2v) is 3.45. The van der Waals surface area contributed by atoms with Gasteiger partial charge in [0.15, 0.2) is 0 Å². The third-order valence-electron chi connectivity index (χ3n) is 2.06. The number of nitrogens with one attached hydrogen (secondary N) is 1. The van der Waals surface area contributed by atoms with Crippen LogP contribution in [0.1, 0.15) is 26.7 Å². The van der Waals surface area contributed by atoms with Gasteiger partial charge in [0, 0.05) is 13.1 Å². The number of unbranched alkanes of at least 4 members (excludes halogenated alkanes) is 1. The first-order valence-electron chi connectivity index (χ1n) is 5.42. The highest BCUT2D eigenvalue weighted by molar-refractivity contribution is 5.75. The highest BCUT2D eigenvalue weighted by Crippen LogP contribution is 1.93. The van der Waals surface area contributed by atoms with E-state index in [0.717, 1.165) is 39.0 Å². The molecule has 0 radical (unpaired) electrons. The van der Waals surface area contributed by atoms with Crippen molar-refractivity contribution in [1.29, 1.82) is 0 Å². The van der Waals surface area contributed by atoms with Gasteiger partial charge in [0.25, 0.3) is 0 Å². The van der Waals surface area contributed by atoms with Crippen LogP contribution in [0.25, 0.3) is 0 Å². The number of hydrogen-bond acceptors (Lipinski definition) is 3. The molecule has 0 aliphatic heterocycles. The van der Waals surface area contributed by atoms with E-state index in [1.54, 1.807) is 0 Å². The van der Waals surface area contributed by atoms with Crippen LogP contribution in [0.5, 0.6) is 0 Å².